The number of hydrazone groups is 1. The van der Waals surface area contributed by atoms with Gasteiger partial charge in [0.2, 0.25) is 0 Å². The van der Waals surface area contributed by atoms with Gasteiger partial charge in [0.05, 0.1) is 11.7 Å². The Labute approximate surface area is 194 Å². The molecule has 2 aliphatic rings. The predicted molar refractivity (Wildman–Crippen MR) is 127 cm³/mol. The smallest absolute Gasteiger partial charge is 0.431 e. The third-order valence-electron chi connectivity index (χ3n) is 6.80. The molecule has 7 heteroatoms. The third-order valence-corrected chi connectivity index (χ3v) is 6.80. The fourth-order valence-electron chi connectivity index (χ4n) is 4.91. The molecule has 4 rings (SSSR count). The van der Waals surface area contributed by atoms with Crippen molar-refractivity contribution in [3.63, 3.8) is 0 Å². The van der Waals surface area contributed by atoms with E-state index in [2.05, 4.69) is 42.0 Å². The molecule has 0 bridgehead atoms. The van der Waals surface area contributed by atoms with Crippen LogP contribution in [0.1, 0.15) is 44.2 Å². The number of aryl methyl sites for hydroxylation is 2. The van der Waals surface area contributed by atoms with Crippen LogP contribution in [0.5, 0.6) is 5.75 Å². The Bertz CT molecular complexity index is 995. The number of anilines is 2. The van der Waals surface area contributed by atoms with Crippen LogP contribution in [0.25, 0.3) is 0 Å². The minimum Gasteiger partial charge on any atom is -0.490 e. The molecule has 0 radical (unpaired) electrons. The first-order valence-corrected chi connectivity index (χ1v) is 11.7. The Morgan fingerprint density at radius 2 is 1.70 bits per heavy atom. The molecule has 0 saturated carbocycles. The van der Waals surface area contributed by atoms with Gasteiger partial charge in [-0.05, 0) is 61.7 Å². The molecule has 2 heterocycles. The highest BCUT2D eigenvalue weighted by atomic mass is 19.4. The maximum atomic E-state index is 13.3. The molecule has 1 fully saturated rings. The number of hydrogen-bond acceptors (Lipinski definition) is 4. The number of ether oxygens (including phenoxy) is 1. The average molecular weight is 460 g/mol. The van der Waals surface area contributed by atoms with Crippen LogP contribution in [0.4, 0.5) is 24.5 Å². The van der Waals surface area contributed by atoms with E-state index < -0.39 is 17.8 Å². The third kappa shape index (κ3) is 4.97. The van der Waals surface area contributed by atoms with Crippen LogP contribution in [-0.2, 0) is 0 Å². The van der Waals surface area contributed by atoms with Gasteiger partial charge in [-0.15, -0.1) is 0 Å². The van der Waals surface area contributed by atoms with Crippen LogP contribution in [0.15, 0.2) is 47.6 Å². The molecule has 178 valence electrons. The summed E-state index contributed by atoms with van der Waals surface area (Å²) in [4.78, 5) is 2.42. The molecule has 2 aliphatic heterocycles. The molecular weight excluding hydrogens is 427 g/mol. The lowest BCUT2D eigenvalue weighted by Crippen LogP contribution is -2.38. The zero-order chi connectivity index (χ0) is 23.8. The molecule has 2 atom stereocenters. The molecule has 0 amide bonds. The number of benzene rings is 2. The summed E-state index contributed by atoms with van der Waals surface area (Å²) in [6, 6.07) is 13.5. The van der Waals surface area contributed by atoms with Gasteiger partial charge in [0.15, 0.2) is 0 Å². The van der Waals surface area contributed by atoms with E-state index in [1.807, 2.05) is 19.1 Å². The van der Waals surface area contributed by atoms with Crippen LogP contribution in [-0.4, -0.2) is 37.1 Å². The van der Waals surface area contributed by atoms with Gasteiger partial charge in [0.25, 0.3) is 0 Å². The van der Waals surface area contributed by atoms with E-state index in [4.69, 9.17) is 4.74 Å². The molecule has 0 N–H and O–H groups in total. The lowest BCUT2D eigenvalue weighted by molar-refractivity contribution is -0.0620. The molecule has 4 nitrogen and oxygen atoms in total. The molecule has 0 aliphatic carbocycles. The highest BCUT2D eigenvalue weighted by molar-refractivity contribution is 5.95. The summed E-state index contributed by atoms with van der Waals surface area (Å²) in [5, 5.41) is 5.45. The largest absolute Gasteiger partial charge is 0.490 e. The van der Waals surface area contributed by atoms with Crippen molar-refractivity contribution in [2.45, 2.75) is 65.3 Å². The van der Waals surface area contributed by atoms with Crippen molar-refractivity contribution in [2.75, 3.05) is 23.0 Å². The molecular formula is C26H32F3N3O. The Morgan fingerprint density at radius 1 is 1.03 bits per heavy atom. The number of piperidine rings is 1. The summed E-state index contributed by atoms with van der Waals surface area (Å²) in [6.45, 7) is 9.62. The second kappa shape index (κ2) is 9.27. The molecule has 0 spiro atoms. The summed E-state index contributed by atoms with van der Waals surface area (Å²) in [5.41, 5.74) is 3.80. The topological polar surface area (TPSA) is 28.1 Å². The monoisotopic (exact) mass is 459 g/mol. The summed E-state index contributed by atoms with van der Waals surface area (Å²) >= 11 is 0. The number of halogens is 3. The number of hydrogen-bond donors (Lipinski definition) is 0. The summed E-state index contributed by atoms with van der Waals surface area (Å²) in [6.07, 6.45) is -1.84. The fraction of sp³-hybridized carbons (Fsp3) is 0.500. The lowest BCUT2D eigenvalue weighted by Gasteiger charge is -2.34. The summed E-state index contributed by atoms with van der Waals surface area (Å²) < 4.78 is 46.2. The van der Waals surface area contributed by atoms with E-state index in [-0.39, 0.29) is 12.1 Å². The molecule has 33 heavy (non-hydrogen) atoms. The maximum Gasteiger partial charge on any atom is 0.431 e. The highest BCUT2D eigenvalue weighted by Crippen LogP contribution is 2.37. The van der Waals surface area contributed by atoms with Gasteiger partial charge in [-0.3, -0.25) is 5.01 Å². The van der Waals surface area contributed by atoms with Gasteiger partial charge in [0, 0.05) is 37.5 Å². The molecule has 1 saturated heterocycles. The van der Waals surface area contributed by atoms with Crippen molar-refractivity contribution in [2.24, 2.45) is 11.0 Å². The SMILES string of the molecule is CC[C@H]1C(C)C(C(F)(F)F)=NN1c1ccc(OC2CCN(c3cc(C)ccc3C)CC2)cc1. The van der Waals surface area contributed by atoms with Crippen LogP contribution in [0.2, 0.25) is 0 Å². The fourth-order valence-corrected chi connectivity index (χ4v) is 4.91. The van der Waals surface area contributed by atoms with Crippen molar-refractivity contribution < 1.29 is 17.9 Å². The van der Waals surface area contributed by atoms with Crippen molar-refractivity contribution in [3.05, 3.63) is 53.6 Å². The zero-order valence-electron chi connectivity index (χ0n) is 19.7. The van der Waals surface area contributed by atoms with Crippen molar-refractivity contribution in [1.29, 1.82) is 0 Å². The van der Waals surface area contributed by atoms with E-state index in [0.29, 0.717) is 12.1 Å². The van der Waals surface area contributed by atoms with Gasteiger partial charge in [-0.1, -0.05) is 26.0 Å². The highest BCUT2D eigenvalue weighted by Gasteiger charge is 2.47. The maximum absolute atomic E-state index is 13.3. The van der Waals surface area contributed by atoms with Crippen molar-refractivity contribution in [3.8, 4) is 5.75 Å². The van der Waals surface area contributed by atoms with Gasteiger partial charge in [0.1, 0.15) is 17.6 Å². The first-order chi connectivity index (χ1) is 15.7. The standard InChI is InChI=1S/C26H32F3N3O/c1-5-23-19(4)25(26(27,28)29)30-32(23)20-8-10-21(11-9-20)33-22-12-14-31(15-13-22)24-16-17(2)6-7-18(24)3/h6-11,16,19,22-23H,5,12-15H2,1-4H3/t19?,23-/m0/s1. The summed E-state index contributed by atoms with van der Waals surface area (Å²) in [7, 11) is 0. The van der Waals surface area contributed by atoms with E-state index in [1.54, 1.807) is 19.1 Å². The van der Waals surface area contributed by atoms with Crippen molar-refractivity contribution >= 4 is 17.1 Å². The Balaban J connectivity index is 1.39. The molecule has 2 aromatic rings. The van der Waals surface area contributed by atoms with Crippen LogP contribution < -0.4 is 14.6 Å². The van der Waals surface area contributed by atoms with Gasteiger partial charge < -0.3 is 9.64 Å². The van der Waals surface area contributed by atoms with Gasteiger partial charge in [-0.25, -0.2) is 0 Å². The number of alkyl halides is 3. The summed E-state index contributed by atoms with van der Waals surface area (Å²) in [5.74, 6) is 0.0809. The van der Waals surface area contributed by atoms with Crippen LogP contribution in [0, 0.1) is 19.8 Å². The quantitative estimate of drug-likeness (QED) is 0.511. The Morgan fingerprint density at radius 3 is 2.30 bits per heavy atom. The Hall–Kier alpha value is -2.70. The number of nitrogens with zero attached hydrogens (tertiary/aromatic N) is 3. The Kier molecular flexibility index (Phi) is 6.59. The van der Waals surface area contributed by atoms with E-state index in [1.165, 1.54) is 21.8 Å². The van der Waals surface area contributed by atoms with Crippen LogP contribution in [0.3, 0.4) is 0 Å². The zero-order valence-corrected chi connectivity index (χ0v) is 19.7. The van der Waals surface area contributed by atoms with Gasteiger partial charge in [-0.2, -0.15) is 18.3 Å². The predicted octanol–water partition coefficient (Wildman–Crippen LogP) is 6.50. The minimum absolute atomic E-state index is 0.127. The van der Waals surface area contributed by atoms with E-state index >= 15 is 0 Å². The average Bonchev–Trinajstić information content (AvgIpc) is 3.13. The minimum atomic E-state index is -4.41. The molecule has 0 aromatic heterocycles. The molecule has 1 unspecified atom stereocenters. The second-order valence-electron chi connectivity index (χ2n) is 9.18. The normalized spacial score (nSPS) is 22.0. The van der Waals surface area contributed by atoms with Crippen molar-refractivity contribution in [1.82, 2.24) is 0 Å². The molecule has 2 aromatic carbocycles. The first kappa shape index (κ1) is 23.5. The van der Waals surface area contributed by atoms with Crippen LogP contribution >= 0.6 is 0 Å². The van der Waals surface area contributed by atoms with E-state index in [9.17, 15) is 13.2 Å². The second-order valence-corrected chi connectivity index (χ2v) is 9.18. The number of rotatable bonds is 5. The van der Waals surface area contributed by atoms with Gasteiger partial charge >= 0.3 is 6.18 Å². The first-order valence-electron chi connectivity index (χ1n) is 11.7. The lowest BCUT2D eigenvalue weighted by atomic mass is 9.95. The van der Waals surface area contributed by atoms with E-state index in [0.717, 1.165) is 31.7 Å².